The summed E-state index contributed by atoms with van der Waals surface area (Å²) in [7, 11) is 0. The molecule has 0 atom stereocenters. The lowest BCUT2D eigenvalue weighted by atomic mass is 9.83. The molecule has 2 aromatic heterocycles. The summed E-state index contributed by atoms with van der Waals surface area (Å²) in [6.45, 7) is 8.35. The molecule has 0 saturated carbocycles. The maximum Gasteiger partial charge on any atom is 0.416 e. The number of nitrogens with zero attached hydrogens (tertiary/aromatic N) is 6. The highest BCUT2D eigenvalue weighted by atomic mass is 79.9. The predicted molar refractivity (Wildman–Crippen MR) is 152 cm³/mol. The van der Waals surface area contributed by atoms with Crippen molar-refractivity contribution in [1.29, 1.82) is 0 Å². The standard InChI is InChI=1S/C27H31BrF3N7O4/c1-5-19-21(35-10-12-36(13-11-35)25(41)42-26(2,3)4)22(40)38-24(33-23(28)34-38)37(19)14-20(39)32-18-9-8-17(27(29,30)31)15-6-7-16(15)18/h8-9H,5-7,10-14H2,1-4H3,(H,32,39). The van der Waals surface area contributed by atoms with Gasteiger partial charge in [-0.1, -0.05) is 6.92 Å². The number of hydrogen-bond acceptors (Lipinski definition) is 7. The van der Waals surface area contributed by atoms with Crippen molar-refractivity contribution >= 4 is 45.1 Å². The van der Waals surface area contributed by atoms with E-state index in [1.165, 1.54) is 6.07 Å². The molecule has 1 fully saturated rings. The van der Waals surface area contributed by atoms with Gasteiger partial charge in [-0.15, -0.1) is 5.10 Å². The van der Waals surface area contributed by atoms with E-state index < -0.39 is 34.9 Å². The van der Waals surface area contributed by atoms with Gasteiger partial charge in [-0.3, -0.25) is 9.59 Å². The average Bonchev–Trinajstić information content (AvgIpc) is 3.26. The van der Waals surface area contributed by atoms with Gasteiger partial charge in [-0.25, -0.2) is 4.79 Å². The highest BCUT2D eigenvalue weighted by molar-refractivity contribution is 9.10. The topological polar surface area (TPSA) is 114 Å². The number of carbonyl (C=O) groups excluding carboxylic acids is 2. The Bertz CT molecular complexity index is 1620. The molecule has 2 aliphatic rings. The van der Waals surface area contributed by atoms with E-state index in [1.54, 1.807) is 30.2 Å². The Hall–Kier alpha value is -3.62. The number of nitrogens with one attached hydrogen (secondary N) is 1. The van der Waals surface area contributed by atoms with Crippen LogP contribution in [0.2, 0.25) is 0 Å². The summed E-state index contributed by atoms with van der Waals surface area (Å²) < 4.78 is 48.4. The third-order valence-corrected chi connectivity index (χ3v) is 7.66. The first kappa shape index (κ1) is 29.9. The zero-order chi connectivity index (χ0) is 30.6. The number of anilines is 2. The lowest BCUT2D eigenvalue weighted by Crippen LogP contribution is -2.51. The predicted octanol–water partition coefficient (Wildman–Crippen LogP) is 4.03. The van der Waals surface area contributed by atoms with Crippen LogP contribution in [0.15, 0.2) is 21.7 Å². The second-order valence-electron chi connectivity index (χ2n) is 11.3. The molecule has 3 aromatic rings. The van der Waals surface area contributed by atoms with Crippen molar-refractivity contribution in [2.75, 3.05) is 36.4 Å². The minimum Gasteiger partial charge on any atom is -0.444 e. The van der Waals surface area contributed by atoms with E-state index in [0.29, 0.717) is 68.1 Å². The van der Waals surface area contributed by atoms with Crippen molar-refractivity contribution in [3.05, 3.63) is 49.6 Å². The maximum atomic E-state index is 13.6. The van der Waals surface area contributed by atoms with Gasteiger partial charge in [0.05, 0.1) is 11.3 Å². The molecule has 0 bridgehead atoms. The van der Waals surface area contributed by atoms with Gasteiger partial charge in [0, 0.05) is 31.9 Å². The van der Waals surface area contributed by atoms with Crippen LogP contribution in [0.25, 0.3) is 5.78 Å². The van der Waals surface area contributed by atoms with Crippen molar-refractivity contribution in [1.82, 2.24) is 24.1 Å². The fourth-order valence-corrected chi connectivity index (χ4v) is 5.71. The van der Waals surface area contributed by atoms with Crippen LogP contribution in [0, 0.1) is 0 Å². The maximum absolute atomic E-state index is 13.6. The number of halogens is 4. The van der Waals surface area contributed by atoms with Gasteiger partial charge in [0.1, 0.15) is 17.8 Å². The molecule has 1 saturated heterocycles. The van der Waals surface area contributed by atoms with Gasteiger partial charge in [0.25, 0.3) is 5.56 Å². The van der Waals surface area contributed by atoms with Crippen LogP contribution in [0.4, 0.5) is 29.3 Å². The monoisotopic (exact) mass is 653 g/mol. The molecule has 2 amide bonds. The molecule has 0 radical (unpaired) electrons. The van der Waals surface area contributed by atoms with Crippen LogP contribution in [-0.4, -0.2) is 67.8 Å². The first-order valence-electron chi connectivity index (χ1n) is 13.6. The number of carbonyl (C=O) groups is 2. The average molecular weight is 654 g/mol. The first-order chi connectivity index (χ1) is 19.7. The molecule has 5 rings (SSSR count). The number of piperazine rings is 1. The van der Waals surface area contributed by atoms with Crippen molar-refractivity contribution in [2.45, 2.75) is 65.3 Å². The molecule has 1 aromatic carbocycles. The molecule has 0 unspecified atom stereocenters. The number of ether oxygens (including phenoxy) is 1. The molecule has 226 valence electrons. The number of rotatable bonds is 5. The van der Waals surface area contributed by atoms with E-state index in [4.69, 9.17) is 4.74 Å². The van der Waals surface area contributed by atoms with Crippen molar-refractivity contribution in [3.8, 4) is 0 Å². The number of fused-ring (bicyclic) bond motifs is 2. The van der Waals surface area contributed by atoms with E-state index in [1.807, 2.05) is 11.8 Å². The Morgan fingerprint density at radius 2 is 1.74 bits per heavy atom. The minimum absolute atomic E-state index is 0.149. The van der Waals surface area contributed by atoms with Gasteiger partial charge in [-0.05, 0) is 79.2 Å². The third-order valence-electron chi connectivity index (χ3n) is 7.32. The molecule has 0 spiro atoms. The summed E-state index contributed by atoms with van der Waals surface area (Å²) in [6, 6.07) is 2.27. The molecular formula is C27H31BrF3N7O4. The number of hydrogen-bond donors (Lipinski definition) is 1. The van der Waals surface area contributed by atoms with E-state index in [9.17, 15) is 27.6 Å². The SMILES string of the molecule is CCc1c(N2CCN(C(=O)OC(C)(C)C)CC2)c(=O)n2nc(Br)nc2n1CC(=O)Nc1ccc(C(F)(F)F)c2c1CC2. The Kier molecular flexibility index (Phi) is 7.75. The number of benzene rings is 1. The second kappa shape index (κ2) is 10.9. The van der Waals surface area contributed by atoms with Crippen LogP contribution in [0.3, 0.4) is 0 Å². The number of amides is 2. The molecule has 42 heavy (non-hydrogen) atoms. The van der Waals surface area contributed by atoms with E-state index in [-0.39, 0.29) is 22.6 Å². The Labute approximate surface area is 247 Å². The Morgan fingerprint density at radius 3 is 2.31 bits per heavy atom. The summed E-state index contributed by atoms with van der Waals surface area (Å²) >= 11 is 3.22. The third kappa shape index (κ3) is 5.70. The zero-order valence-electron chi connectivity index (χ0n) is 23.6. The quantitative estimate of drug-likeness (QED) is 0.442. The Morgan fingerprint density at radius 1 is 1.07 bits per heavy atom. The fourth-order valence-electron chi connectivity index (χ4n) is 5.40. The minimum atomic E-state index is -4.46. The summed E-state index contributed by atoms with van der Waals surface area (Å²) in [5.41, 5.74) is 0.192. The molecule has 3 heterocycles. The molecule has 1 aliphatic carbocycles. The van der Waals surface area contributed by atoms with Crippen LogP contribution in [0.1, 0.15) is 50.1 Å². The summed E-state index contributed by atoms with van der Waals surface area (Å²) in [4.78, 5) is 47.3. The van der Waals surface area contributed by atoms with Gasteiger partial charge in [-0.2, -0.15) is 22.7 Å². The molecule has 15 heteroatoms. The zero-order valence-corrected chi connectivity index (χ0v) is 25.2. The summed E-state index contributed by atoms with van der Waals surface area (Å²) in [5, 5.41) is 6.94. The van der Waals surface area contributed by atoms with Gasteiger partial charge in [0.2, 0.25) is 16.4 Å². The molecule has 1 aliphatic heterocycles. The second-order valence-corrected chi connectivity index (χ2v) is 12.0. The van der Waals surface area contributed by atoms with E-state index >= 15 is 0 Å². The molecule has 1 N–H and O–H groups in total. The highest BCUT2D eigenvalue weighted by Gasteiger charge is 2.37. The van der Waals surface area contributed by atoms with Crippen LogP contribution in [0.5, 0.6) is 0 Å². The molecule has 11 nitrogen and oxygen atoms in total. The van der Waals surface area contributed by atoms with Gasteiger partial charge >= 0.3 is 12.3 Å². The van der Waals surface area contributed by atoms with Gasteiger partial charge < -0.3 is 24.4 Å². The molecular weight excluding hydrogens is 623 g/mol. The largest absolute Gasteiger partial charge is 0.444 e. The van der Waals surface area contributed by atoms with Crippen LogP contribution < -0.4 is 15.8 Å². The van der Waals surface area contributed by atoms with Crippen molar-refractivity contribution in [2.24, 2.45) is 0 Å². The smallest absolute Gasteiger partial charge is 0.416 e. The fraction of sp³-hybridized carbons (Fsp3) is 0.519. The summed E-state index contributed by atoms with van der Waals surface area (Å²) in [5.74, 6) is -0.334. The number of alkyl halides is 3. The number of aromatic nitrogens is 4. The van der Waals surface area contributed by atoms with Crippen LogP contribution >= 0.6 is 15.9 Å². The summed E-state index contributed by atoms with van der Waals surface area (Å²) in [6.07, 6.45) is -3.77. The van der Waals surface area contributed by atoms with Crippen molar-refractivity contribution in [3.63, 3.8) is 0 Å². The Balaban J connectivity index is 1.44. The lowest BCUT2D eigenvalue weighted by molar-refractivity contribution is -0.138. The van der Waals surface area contributed by atoms with Crippen molar-refractivity contribution < 1.29 is 27.5 Å². The normalized spacial score (nSPS) is 15.4. The first-order valence-corrected chi connectivity index (χ1v) is 14.4. The van der Waals surface area contributed by atoms with Gasteiger partial charge in [0.15, 0.2) is 0 Å². The van der Waals surface area contributed by atoms with Crippen LogP contribution in [-0.2, 0) is 41.5 Å². The van der Waals surface area contributed by atoms with E-state index in [0.717, 1.165) is 10.6 Å². The highest BCUT2D eigenvalue weighted by Crippen LogP contribution is 2.41. The lowest BCUT2D eigenvalue weighted by Gasteiger charge is -2.37. The van der Waals surface area contributed by atoms with E-state index in [2.05, 4.69) is 31.3 Å².